The highest BCUT2D eigenvalue weighted by atomic mass is 32.1. The van der Waals surface area contributed by atoms with Crippen LogP contribution in [0.1, 0.15) is 30.7 Å². The molecule has 23 heavy (non-hydrogen) atoms. The van der Waals surface area contributed by atoms with Crippen molar-refractivity contribution in [3.8, 4) is 0 Å². The number of likely N-dealkylation sites (tertiary alicyclic amines) is 1. The molecule has 1 atom stereocenters. The predicted molar refractivity (Wildman–Crippen MR) is 77.6 cm³/mol. The maximum absolute atomic E-state index is 12.6. The van der Waals surface area contributed by atoms with Gasteiger partial charge in [-0.05, 0) is 12.8 Å². The molecule has 2 aliphatic heterocycles. The molecule has 1 amide bonds. The van der Waals surface area contributed by atoms with Crippen LogP contribution in [0, 0.1) is 5.92 Å². The molecule has 0 aromatic carbocycles. The average molecular weight is 346 g/mol. The highest BCUT2D eigenvalue weighted by Gasteiger charge is 2.39. The fourth-order valence-electron chi connectivity index (χ4n) is 3.06. The van der Waals surface area contributed by atoms with Crippen LogP contribution in [0.15, 0.2) is 0 Å². The van der Waals surface area contributed by atoms with Crippen molar-refractivity contribution in [2.24, 2.45) is 5.92 Å². The number of carboxylic acids is 1. The normalized spacial score (nSPS) is 23.1. The van der Waals surface area contributed by atoms with E-state index in [0.717, 1.165) is 11.3 Å². The lowest BCUT2D eigenvalue weighted by Crippen LogP contribution is -2.45. The Morgan fingerprint density at radius 2 is 2.00 bits per heavy atom. The lowest BCUT2D eigenvalue weighted by atomic mass is 10.0. The molecule has 1 aromatic rings. The fourth-order valence-corrected chi connectivity index (χ4v) is 3.81. The molecule has 2 saturated heterocycles. The number of carbonyl (C=O) groups is 2. The maximum Gasteiger partial charge on any atom is 0.308 e. The van der Waals surface area contributed by atoms with Gasteiger partial charge in [0.25, 0.3) is 6.43 Å². The Kier molecular flexibility index (Phi) is 4.42. The van der Waals surface area contributed by atoms with Gasteiger partial charge in [-0.2, -0.15) is 0 Å². The standard InChI is InChI=1S/C13H16F2N4O3S/c14-10(15)11-16-17-13(23-11)18-3-1-8(2-4-18)19-6-7(12(21)22)5-9(19)20/h7-8,10H,1-6H2,(H,21,22). The molecule has 0 spiro atoms. The summed E-state index contributed by atoms with van der Waals surface area (Å²) in [5.74, 6) is -1.68. The van der Waals surface area contributed by atoms with E-state index in [1.54, 1.807) is 4.90 Å². The van der Waals surface area contributed by atoms with Crippen LogP contribution < -0.4 is 4.90 Å². The molecule has 0 radical (unpaired) electrons. The number of rotatable bonds is 4. The largest absolute Gasteiger partial charge is 0.481 e. The van der Waals surface area contributed by atoms with Gasteiger partial charge in [0.2, 0.25) is 11.0 Å². The van der Waals surface area contributed by atoms with Crippen LogP contribution in [0.25, 0.3) is 0 Å². The Bertz CT molecular complexity index is 604. The van der Waals surface area contributed by atoms with Crippen molar-refractivity contribution in [1.82, 2.24) is 15.1 Å². The number of amides is 1. The van der Waals surface area contributed by atoms with Crippen molar-refractivity contribution in [2.45, 2.75) is 31.7 Å². The van der Waals surface area contributed by atoms with Crippen LogP contribution in [-0.2, 0) is 9.59 Å². The van der Waals surface area contributed by atoms with Crippen molar-refractivity contribution < 1.29 is 23.5 Å². The summed E-state index contributed by atoms with van der Waals surface area (Å²) in [6.45, 7) is 1.43. The molecule has 7 nitrogen and oxygen atoms in total. The van der Waals surface area contributed by atoms with Crippen molar-refractivity contribution in [3.63, 3.8) is 0 Å². The van der Waals surface area contributed by atoms with E-state index in [2.05, 4.69) is 10.2 Å². The summed E-state index contributed by atoms with van der Waals surface area (Å²) < 4.78 is 25.1. The number of halogens is 2. The number of carbonyl (C=O) groups excluding carboxylic acids is 1. The highest BCUT2D eigenvalue weighted by Crippen LogP contribution is 2.31. The van der Waals surface area contributed by atoms with E-state index in [9.17, 15) is 18.4 Å². The molecular weight excluding hydrogens is 330 g/mol. The van der Waals surface area contributed by atoms with Gasteiger partial charge >= 0.3 is 5.97 Å². The molecule has 3 heterocycles. The summed E-state index contributed by atoms with van der Waals surface area (Å²) in [6.07, 6.45) is -1.22. The third kappa shape index (κ3) is 3.26. The van der Waals surface area contributed by atoms with Gasteiger partial charge in [-0.1, -0.05) is 11.3 Å². The minimum absolute atomic E-state index is 0.00518. The molecule has 3 rings (SSSR count). The van der Waals surface area contributed by atoms with E-state index < -0.39 is 18.3 Å². The van der Waals surface area contributed by atoms with Crippen LogP contribution in [0.4, 0.5) is 13.9 Å². The van der Waals surface area contributed by atoms with Crippen molar-refractivity contribution in [3.05, 3.63) is 5.01 Å². The zero-order valence-electron chi connectivity index (χ0n) is 12.2. The fraction of sp³-hybridized carbons (Fsp3) is 0.692. The molecular formula is C13H16F2N4O3S. The minimum Gasteiger partial charge on any atom is -0.481 e. The zero-order valence-corrected chi connectivity index (χ0v) is 13.0. The summed E-state index contributed by atoms with van der Waals surface area (Å²) in [7, 11) is 0. The van der Waals surface area contributed by atoms with Crippen LogP contribution in [0.2, 0.25) is 0 Å². The maximum atomic E-state index is 12.6. The Morgan fingerprint density at radius 3 is 2.52 bits per heavy atom. The zero-order chi connectivity index (χ0) is 16.6. The SMILES string of the molecule is O=C(O)C1CC(=O)N(C2CCN(c3nnc(C(F)F)s3)CC2)C1. The number of nitrogens with zero attached hydrogens (tertiary/aromatic N) is 4. The second-order valence-corrected chi connectivity index (χ2v) is 6.71. The van der Waals surface area contributed by atoms with E-state index in [4.69, 9.17) is 5.11 Å². The van der Waals surface area contributed by atoms with E-state index in [1.807, 2.05) is 4.90 Å². The molecule has 1 unspecified atom stereocenters. The van der Waals surface area contributed by atoms with Crippen LogP contribution in [-0.4, -0.2) is 57.8 Å². The first-order valence-corrected chi connectivity index (χ1v) is 8.16. The Morgan fingerprint density at radius 1 is 1.30 bits per heavy atom. The second kappa shape index (κ2) is 6.34. The molecule has 10 heteroatoms. The molecule has 0 saturated carbocycles. The van der Waals surface area contributed by atoms with E-state index in [1.165, 1.54) is 0 Å². The molecule has 1 N–H and O–H groups in total. The average Bonchev–Trinajstić information content (AvgIpc) is 3.14. The van der Waals surface area contributed by atoms with Crippen LogP contribution in [0.5, 0.6) is 0 Å². The van der Waals surface area contributed by atoms with E-state index in [-0.39, 0.29) is 29.9 Å². The van der Waals surface area contributed by atoms with Gasteiger partial charge in [-0.15, -0.1) is 10.2 Å². The molecule has 0 bridgehead atoms. The summed E-state index contributed by atoms with van der Waals surface area (Å²) in [4.78, 5) is 26.5. The summed E-state index contributed by atoms with van der Waals surface area (Å²) in [5.41, 5.74) is 0. The van der Waals surface area contributed by atoms with Gasteiger partial charge in [0, 0.05) is 32.1 Å². The number of hydrogen-bond acceptors (Lipinski definition) is 6. The number of aliphatic carboxylic acids is 1. The van der Waals surface area contributed by atoms with Gasteiger partial charge in [0.1, 0.15) is 0 Å². The van der Waals surface area contributed by atoms with Crippen LogP contribution in [0.3, 0.4) is 0 Å². The van der Waals surface area contributed by atoms with Gasteiger partial charge < -0.3 is 14.9 Å². The number of hydrogen-bond donors (Lipinski definition) is 1. The molecule has 2 aliphatic rings. The lowest BCUT2D eigenvalue weighted by molar-refractivity contribution is -0.141. The quantitative estimate of drug-likeness (QED) is 0.886. The first-order valence-electron chi connectivity index (χ1n) is 7.34. The number of alkyl halides is 2. The first-order chi connectivity index (χ1) is 11.0. The Labute approximate surface area is 134 Å². The summed E-state index contributed by atoms with van der Waals surface area (Å²) in [6, 6.07) is 0.00518. The van der Waals surface area contributed by atoms with Gasteiger partial charge in [-0.3, -0.25) is 9.59 Å². The third-order valence-corrected chi connectivity index (χ3v) is 5.29. The third-order valence-electron chi connectivity index (χ3n) is 4.30. The summed E-state index contributed by atoms with van der Waals surface area (Å²) in [5, 5.41) is 16.5. The second-order valence-electron chi connectivity index (χ2n) is 5.73. The number of piperidine rings is 1. The Balaban J connectivity index is 1.58. The molecule has 2 fully saturated rings. The van der Waals surface area contributed by atoms with Crippen LogP contribution >= 0.6 is 11.3 Å². The number of aromatic nitrogens is 2. The smallest absolute Gasteiger partial charge is 0.308 e. The topological polar surface area (TPSA) is 86.6 Å². The minimum atomic E-state index is -2.62. The first kappa shape index (κ1) is 16.0. The number of carboxylic acid groups (broad SMARTS) is 1. The van der Waals surface area contributed by atoms with Gasteiger partial charge in [0.05, 0.1) is 5.92 Å². The monoisotopic (exact) mass is 346 g/mol. The Hall–Kier alpha value is -1.84. The van der Waals surface area contributed by atoms with E-state index in [0.29, 0.717) is 31.1 Å². The van der Waals surface area contributed by atoms with Gasteiger partial charge in [-0.25, -0.2) is 8.78 Å². The van der Waals surface area contributed by atoms with Crippen molar-refractivity contribution in [1.29, 1.82) is 0 Å². The highest BCUT2D eigenvalue weighted by molar-refractivity contribution is 7.15. The van der Waals surface area contributed by atoms with Crippen molar-refractivity contribution in [2.75, 3.05) is 24.5 Å². The van der Waals surface area contributed by atoms with Crippen molar-refractivity contribution >= 4 is 28.3 Å². The molecule has 1 aromatic heterocycles. The van der Waals surface area contributed by atoms with Gasteiger partial charge in [0.15, 0.2) is 5.01 Å². The number of anilines is 1. The van der Waals surface area contributed by atoms with E-state index >= 15 is 0 Å². The lowest BCUT2D eigenvalue weighted by Gasteiger charge is -2.36. The molecule has 126 valence electrons. The summed E-state index contributed by atoms with van der Waals surface area (Å²) >= 11 is 0.881. The molecule has 0 aliphatic carbocycles. The predicted octanol–water partition coefficient (Wildman–Crippen LogP) is 1.38.